The van der Waals surface area contributed by atoms with E-state index in [1.165, 1.54) is 18.9 Å². The Morgan fingerprint density at radius 3 is 2.85 bits per heavy atom. The fraction of sp³-hybridized carbons (Fsp3) is 0.400. The molecule has 0 saturated heterocycles. The van der Waals surface area contributed by atoms with E-state index in [1.54, 1.807) is 6.07 Å². The average Bonchev–Trinajstić information content (AvgIpc) is 2.91. The van der Waals surface area contributed by atoms with E-state index in [1.807, 2.05) is 28.7 Å². The summed E-state index contributed by atoms with van der Waals surface area (Å²) in [5, 5.41) is 0. The first-order chi connectivity index (χ1) is 6.25. The lowest BCUT2D eigenvalue weighted by molar-refractivity contribution is 0.298. The Labute approximate surface area is 90.4 Å². The van der Waals surface area contributed by atoms with Gasteiger partial charge in [0.1, 0.15) is 11.6 Å². The van der Waals surface area contributed by atoms with Crippen molar-refractivity contribution in [2.45, 2.75) is 12.8 Å². The number of hydrogen-bond donors (Lipinski definition) is 0. The van der Waals surface area contributed by atoms with Crippen molar-refractivity contribution in [3.8, 4) is 5.75 Å². The predicted molar refractivity (Wildman–Crippen MR) is 57.3 cm³/mol. The molecule has 0 bridgehead atoms. The summed E-state index contributed by atoms with van der Waals surface area (Å²) in [4.78, 5) is 0. The molecule has 3 heteroatoms. The first kappa shape index (κ1) is 9.24. The lowest BCUT2D eigenvalue weighted by Gasteiger charge is -2.05. The van der Waals surface area contributed by atoms with Crippen LogP contribution in [0.1, 0.15) is 12.8 Å². The maximum atomic E-state index is 13.0. The van der Waals surface area contributed by atoms with Gasteiger partial charge in [-0.15, -0.1) is 0 Å². The minimum Gasteiger partial charge on any atom is -0.493 e. The third kappa shape index (κ3) is 2.56. The zero-order chi connectivity index (χ0) is 9.26. The van der Waals surface area contributed by atoms with Crippen molar-refractivity contribution in [1.29, 1.82) is 0 Å². The highest BCUT2D eigenvalue weighted by Gasteiger charge is 2.21. The summed E-state index contributed by atoms with van der Waals surface area (Å²) in [6, 6.07) is 5.00. The van der Waals surface area contributed by atoms with Crippen LogP contribution in [0.5, 0.6) is 5.75 Å². The van der Waals surface area contributed by atoms with Gasteiger partial charge < -0.3 is 4.74 Å². The molecule has 0 radical (unpaired) electrons. The molecule has 1 aromatic carbocycles. The molecule has 1 aromatic rings. The van der Waals surface area contributed by atoms with Crippen LogP contribution in [0.15, 0.2) is 18.2 Å². The summed E-state index contributed by atoms with van der Waals surface area (Å²) >= 11 is 1.96. The molecule has 0 atom stereocenters. The molecular weight excluding hydrogens is 282 g/mol. The van der Waals surface area contributed by atoms with Crippen LogP contribution in [0, 0.1) is 15.3 Å². The van der Waals surface area contributed by atoms with E-state index in [9.17, 15) is 4.39 Å². The monoisotopic (exact) mass is 292 g/mol. The molecule has 0 amide bonds. The Kier molecular flexibility index (Phi) is 2.71. The average molecular weight is 292 g/mol. The van der Waals surface area contributed by atoms with Crippen molar-refractivity contribution in [3.63, 3.8) is 0 Å². The molecule has 0 unspecified atom stereocenters. The quantitative estimate of drug-likeness (QED) is 0.777. The number of halogens is 2. The number of rotatable bonds is 3. The molecule has 13 heavy (non-hydrogen) atoms. The summed E-state index contributed by atoms with van der Waals surface area (Å²) in [5.74, 6) is 1.15. The SMILES string of the molecule is Fc1cc(OCC2CC2)ccc1I. The molecule has 0 spiro atoms. The highest BCUT2D eigenvalue weighted by molar-refractivity contribution is 14.1. The van der Waals surface area contributed by atoms with Crippen molar-refractivity contribution in [1.82, 2.24) is 0 Å². The Bertz CT molecular complexity index is 310. The first-order valence-electron chi connectivity index (χ1n) is 4.33. The van der Waals surface area contributed by atoms with Gasteiger partial charge in [0, 0.05) is 9.64 Å². The van der Waals surface area contributed by atoms with Crippen LogP contribution < -0.4 is 4.74 Å². The van der Waals surface area contributed by atoms with Crippen LogP contribution in [0.2, 0.25) is 0 Å². The third-order valence-corrected chi connectivity index (χ3v) is 2.95. The van der Waals surface area contributed by atoms with E-state index in [2.05, 4.69) is 0 Å². The molecule has 0 heterocycles. The smallest absolute Gasteiger partial charge is 0.140 e. The molecule has 1 saturated carbocycles. The zero-order valence-corrected chi connectivity index (χ0v) is 9.25. The van der Waals surface area contributed by atoms with Crippen LogP contribution >= 0.6 is 22.6 Å². The second-order valence-electron chi connectivity index (χ2n) is 3.33. The van der Waals surface area contributed by atoms with E-state index in [0.29, 0.717) is 15.2 Å². The van der Waals surface area contributed by atoms with Crippen LogP contribution in [0.25, 0.3) is 0 Å². The highest BCUT2D eigenvalue weighted by Crippen LogP contribution is 2.29. The summed E-state index contributed by atoms with van der Waals surface area (Å²) < 4.78 is 19.1. The molecule has 0 aliphatic heterocycles. The van der Waals surface area contributed by atoms with Gasteiger partial charge in [0.05, 0.1) is 6.61 Å². The molecule has 1 aliphatic carbocycles. The molecular formula is C10H10FIO. The van der Waals surface area contributed by atoms with Crippen molar-refractivity contribution in [3.05, 3.63) is 27.6 Å². The minimum atomic E-state index is -0.200. The van der Waals surface area contributed by atoms with Crippen LogP contribution in [0.4, 0.5) is 4.39 Å². The first-order valence-corrected chi connectivity index (χ1v) is 5.41. The van der Waals surface area contributed by atoms with Crippen molar-refractivity contribution in [2.24, 2.45) is 5.92 Å². The third-order valence-electron chi connectivity index (χ3n) is 2.07. The van der Waals surface area contributed by atoms with Gasteiger partial charge >= 0.3 is 0 Å². The molecule has 70 valence electrons. The zero-order valence-electron chi connectivity index (χ0n) is 7.09. The van der Waals surface area contributed by atoms with Gasteiger partial charge in [-0.25, -0.2) is 4.39 Å². The highest BCUT2D eigenvalue weighted by atomic mass is 127. The van der Waals surface area contributed by atoms with E-state index in [4.69, 9.17) is 4.74 Å². The molecule has 0 aromatic heterocycles. The van der Waals surface area contributed by atoms with Crippen LogP contribution in [-0.2, 0) is 0 Å². The largest absolute Gasteiger partial charge is 0.493 e. The second kappa shape index (κ2) is 3.82. The summed E-state index contributed by atoms with van der Waals surface area (Å²) in [5.41, 5.74) is 0. The van der Waals surface area contributed by atoms with Gasteiger partial charge in [-0.1, -0.05) is 0 Å². The predicted octanol–water partition coefficient (Wildman–Crippen LogP) is 3.22. The summed E-state index contributed by atoms with van der Waals surface area (Å²) in [6.45, 7) is 0.736. The van der Waals surface area contributed by atoms with Crippen LogP contribution in [0.3, 0.4) is 0 Å². The number of hydrogen-bond acceptors (Lipinski definition) is 1. The van der Waals surface area contributed by atoms with Gasteiger partial charge in [-0.05, 0) is 53.5 Å². The number of benzene rings is 1. The second-order valence-corrected chi connectivity index (χ2v) is 4.49. The summed E-state index contributed by atoms with van der Waals surface area (Å²) in [7, 11) is 0. The molecule has 1 fully saturated rings. The Morgan fingerprint density at radius 1 is 1.46 bits per heavy atom. The van der Waals surface area contributed by atoms with Gasteiger partial charge in [0.2, 0.25) is 0 Å². The van der Waals surface area contributed by atoms with E-state index in [0.717, 1.165) is 6.61 Å². The maximum Gasteiger partial charge on any atom is 0.140 e. The lowest BCUT2D eigenvalue weighted by Crippen LogP contribution is -1.99. The van der Waals surface area contributed by atoms with Gasteiger partial charge in [0.15, 0.2) is 0 Å². The Morgan fingerprint density at radius 2 is 2.23 bits per heavy atom. The number of ether oxygens (including phenoxy) is 1. The maximum absolute atomic E-state index is 13.0. The Balaban J connectivity index is 1.98. The normalized spacial score (nSPS) is 15.8. The van der Waals surface area contributed by atoms with E-state index in [-0.39, 0.29) is 5.82 Å². The minimum absolute atomic E-state index is 0.200. The van der Waals surface area contributed by atoms with Crippen molar-refractivity contribution < 1.29 is 9.13 Å². The summed E-state index contributed by atoms with van der Waals surface area (Å²) in [6.07, 6.45) is 2.51. The van der Waals surface area contributed by atoms with E-state index < -0.39 is 0 Å². The Hall–Kier alpha value is -0.320. The van der Waals surface area contributed by atoms with Crippen molar-refractivity contribution in [2.75, 3.05) is 6.61 Å². The molecule has 1 nitrogen and oxygen atoms in total. The molecule has 2 rings (SSSR count). The fourth-order valence-electron chi connectivity index (χ4n) is 1.07. The van der Waals surface area contributed by atoms with Gasteiger partial charge in [-0.3, -0.25) is 0 Å². The topological polar surface area (TPSA) is 9.23 Å². The van der Waals surface area contributed by atoms with Gasteiger partial charge in [0.25, 0.3) is 0 Å². The van der Waals surface area contributed by atoms with Crippen molar-refractivity contribution >= 4 is 22.6 Å². The lowest BCUT2D eigenvalue weighted by atomic mass is 10.3. The molecule has 0 N–H and O–H groups in total. The van der Waals surface area contributed by atoms with E-state index >= 15 is 0 Å². The van der Waals surface area contributed by atoms with Gasteiger partial charge in [-0.2, -0.15) is 0 Å². The van der Waals surface area contributed by atoms with Crippen LogP contribution in [-0.4, -0.2) is 6.61 Å². The standard InChI is InChI=1S/C10H10FIO/c11-9-5-8(3-4-10(9)12)13-6-7-1-2-7/h3-5,7H,1-2,6H2. The molecule has 1 aliphatic rings. The fourth-order valence-corrected chi connectivity index (χ4v) is 1.40.